The summed E-state index contributed by atoms with van der Waals surface area (Å²) in [6.07, 6.45) is 3.17. The molecule has 0 aromatic heterocycles. The van der Waals surface area contributed by atoms with Gasteiger partial charge < -0.3 is 0 Å². The Hall–Kier alpha value is -4.16. The summed E-state index contributed by atoms with van der Waals surface area (Å²) >= 11 is 0. The summed E-state index contributed by atoms with van der Waals surface area (Å²) in [5.41, 5.74) is 17.9. The molecule has 0 atom stereocenters. The third kappa shape index (κ3) is 2.23. The van der Waals surface area contributed by atoms with Crippen molar-refractivity contribution in [1.82, 2.24) is 0 Å². The summed E-state index contributed by atoms with van der Waals surface area (Å²) < 4.78 is 0. The van der Waals surface area contributed by atoms with Gasteiger partial charge in [0, 0.05) is 0 Å². The van der Waals surface area contributed by atoms with E-state index >= 15 is 0 Å². The molecule has 0 saturated heterocycles. The van der Waals surface area contributed by atoms with Crippen molar-refractivity contribution in [2.45, 2.75) is 19.3 Å². The van der Waals surface area contributed by atoms with E-state index in [2.05, 4.69) is 97.1 Å². The van der Waals surface area contributed by atoms with Crippen molar-refractivity contribution in [2.75, 3.05) is 0 Å². The van der Waals surface area contributed by atoms with Crippen LogP contribution in [0.3, 0.4) is 0 Å². The zero-order valence-corrected chi connectivity index (χ0v) is 19.4. The van der Waals surface area contributed by atoms with Crippen LogP contribution in [0.2, 0.25) is 0 Å². The first-order valence-corrected chi connectivity index (χ1v) is 12.7. The minimum atomic E-state index is 1.05. The Morgan fingerprint density at radius 2 is 0.600 bits per heavy atom. The van der Waals surface area contributed by atoms with E-state index in [4.69, 9.17) is 0 Å². The van der Waals surface area contributed by atoms with Gasteiger partial charge in [-0.1, -0.05) is 97.1 Å². The van der Waals surface area contributed by atoms with Gasteiger partial charge in [-0.25, -0.2) is 0 Å². The van der Waals surface area contributed by atoms with Crippen molar-refractivity contribution < 1.29 is 0 Å². The summed E-state index contributed by atoms with van der Waals surface area (Å²) in [7, 11) is 0. The van der Waals surface area contributed by atoms with Crippen LogP contribution in [0.25, 0.3) is 54.9 Å². The maximum absolute atomic E-state index is 2.40. The molecule has 0 amide bonds. The topological polar surface area (TPSA) is 0 Å². The minimum absolute atomic E-state index is 1.05. The summed E-state index contributed by atoms with van der Waals surface area (Å²) in [6.45, 7) is 0. The van der Waals surface area contributed by atoms with Gasteiger partial charge in [-0.05, 0) is 108 Å². The Morgan fingerprint density at radius 3 is 1.03 bits per heavy atom. The van der Waals surface area contributed by atoms with Crippen LogP contribution in [0.5, 0.6) is 0 Å². The Bertz CT molecular complexity index is 1780. The molecule has 0 heteroatoms. The Labute approximate surface area is 204 Å². The lowest BCUT2D eigenvalue weighted by atomic mass is 9.96. The molecule has 0 unspecified atom stereocenters. The molecule has 0 N–H and O–H groups in total. The second-order valence-corrected chi connectivity index (χ2v) is 10.4. The predicted molar refractivity (Wildman–Crippen MR) is 146 cm³/mol. The quantitative estimate of drug-likeness (QED) is 0.220. The third-order valence-corrected chi connectivity index (χ3v) is 8.87. The largest absolute Gasteiger partial charge is 0.0616 e. The van der Waals surface area contributed by atoms with Gasteiger partial charge in [0.2, 0.25) is 0 Å². The van der Waals surface area contributed by atoms with Crippen molar-refractivity contribution in [3.63, 3.8) is 0 Å². The lowest BCUT2D eigenvalue weighted by molar-refractivity contribution is 1.13. The molecule has 0 saturated carbocycles. The first-order chi connectivity index (χ1) is 17.3. The highest BCUT2D eigenvalue weighted by Gasteiger charge is 2.32. The molecule has 162 valence electrons. The molecule has 0 fully saturated rings. The monoisotopic (exact) mass is 442 g/mol. The molecule has 0 radical (unpaired) electrons. The summed E-state index contributed by atoms with van der Waals surface area (Å²) in [4.78, 5) is 0. The van der Waals surface area contributed by atoms with Crippen molar-refractivity contribution in [3.8, 4) is 33.4 Å². The van der Waals surface area contributed by atoms with Gasteiger partial charge in [-0.3, -0.25) is 0 Å². The SMILES string of the molecule is c1ccc2c3c(ccc2c1)-c1ccc2c(c1C3)Cc1c-2ccc2c1Cc1c-2ccc2ccccc12. The van der Waals surface area contributed by atoms with Crippen molar-refractivity contribution >= 4 is 21.5 Å². The van der Waals surface area contributed by atoms with Gasteiger partial charge in [-0.15, -0.1) is 0 Å². The number of hydrogen-bond donors (Lipinski definition) is 0. The summed E-state index contributed by atoms with van der Waals surface area (Å²) in [6, 6.07) is 36.6. The fourth-order valence-electron chi connectivity index (χ4n) is 7.29. The van der Waals surface area contributed by atoms with Crippen LogP contribution < -0.4 is 0 Å². The first-order valence-electron chi connectivity index (χ1n) is 12.7. The number of fused-ring (bicyclic) bond motifs is 15. The molecule has 0 nitrogen and oxygen atoms in total. The van der Waals surface area contributed by atoms with Gasteiger partial charge in [0.05, 0.1) is 0 Å². The first kappa shape index (κ1) is 18.2. The molecular weight excluding hydrogens is 420 g/mol. The predicted octanol–water partition coefficient (Wildman–Crippen LogP) is 8.71. The van der Waals surface area contributed by atoms with Crippen LogP contribution in [0.15, 0.2) is 97.1 Å². The van der Waals surface area contributed by atoms with Crippen LogP contribution in [-0.4, -0.2) is 0 Å². The Kier molecular flexibility index (Phi) is 3.27. The molecule has 9 rings (SSSR count). The second-order valence-electron chi connectivity index (χ2n) is 10.4. The van der Waals surface area contributed by atoms with E-state index in [1.165, 1.54) is 66.1 Å². The lowest BCUT2D eigenvalue weighted by Crippen LogP contribution is -1.93. The maximum atomic E-state index is 2.40. The van der Waals surface area contributed by atoms with E-state index < -0.39 is 0 Å². The zero-order chi connectivity index (χ0) is 22.7. The Morgan fingerprint density at radius 1 is 0.286 bits per heavy atom. The highest BCUT2D eigenvalue weighted by molar-refractivity contribution is 5.99. The van der Waals surface area contributed by atoms with Gasteiger partial charge in [0.1, 0.15) is 0 Å². The molecule has 0 spiro atoms. The fourth-order valence-corrected chi connectivity index (χ4v) is 7.29. The standard InChI is InChI=1S/C35H22/c1-3-7-22-20(5-1)9-11-24-26-13-15-28-29-16-14-27-25-12-10-21-6-2-4-8-23(21)31(25)18-33(27)35(29)19-34(28)32(26)17-30(22)24/h1-16H,17-19H2. The van der Waals surface area contributed by atoms with Crippen molar-refractivity contribution in [1.29, 1.82) is 0 Å². The van der Waals surface area contributed by atoms with Gasteiger partial charge in [0.15, 0.2) is 0 Å². The number of benzene rings is 6. The fraction of sp³-hybridized carbons (Fsp3) is 0.0857. The van der Waals surface area contributed by atoms with E-state index in [9.17, 15) is 0 Å². The van der Waals surface area contributed by atoms with Crippen LogP contribution in [0, 0.1) is 0 Å². The maximum Gasteiger partial charge on any atom is -0.000421 e. The second kappa shape index (κ2) is 6.29. The third-order valence-electron chi connectivity index (χ3n) is 8.87. The van der Waals surface area contributed by atoms with E-state index in [1.54, 1.807) is 22.3 Å². The van der Waals surface area contributed by atoms with E-state index in [-0.39, 0.29) is 0 Å². The molecule has 6 aromatic carbocycles. The molecule has 3 aliphatic rings. The smallest absolute Gasteiger partial charge is 0.000421 e. The number of rotatable bonds is 0. The molecule has 0 bridgehead atoms. The minimum Gasteiger partial charge on any atom is -0.0616 e. The van der Waals surface area contributed by atoms with Gasteiger partial charge >= 0.3 is 0 Å². The molecule has 3 aliphatic carbocycles. The van der Waals surface area contributed by atoms with E-state index in [0.717, 1.165) is 19.3 Å². The van der Waals surface area contributed by atoms with Gasteiger partial charge in [-0.2, -0.15) is 0 Å². The average molecular weight is 443 g/mol. The van der Waals surface area contributed by atoms with Crippen LogP contribution in [0.4, 0.5) is 0 Å². The van der Waals surface area contributed by atoms with Gasteiger partial charge in [0.25, 0.3) is 0 Å². The van der Waals surface area contributed by atoms with Crippen LogP contribution >= 0.6 is 0 Å². The van der Waals surface area contributed by atoms with E-state index in [1.807, 2.05) is 0 Å². The van der Waals surface area contributed by atoms with Crippen molar-refractivity contribution in [3.05, 3.63) is 130 Å². The average Bonchev–Trinajstić information content (AvgIpc) is 3.59. The summed E-state index contributed by atoms with van der Waals surface area (Å²) in [5.74, 6) is 0. The highest BCUT2D eigenvalue weighted by Crippen LogP contribution is 2.51. The Balaban J connectivity index is 1.21. The van der Waals surface area contributed by atoms with E-state index in [0.29, 0.717) is 0 Å². The normalized spacial score (nSPS) is 13.9. The summed E-state index contributed by atoms with van der Waals surface area (Å²) in [5, 5.41) is 5.52. The lowest BCUT2D eigenvalue weighted by Gasteiger charge is -2.08. The molecule has 0 heterocycles. The van der Waals surface area contributed by atoms with Crippen LogP contribution in [0.1, 0.15) is 33.4 Å². The molecule has 6 aromatic rings. The molecule has 35 heavy (non-hydrogen) atoms. The molecular formula is C35H22. The van der Waals surface area contributed by atoms with Crippen LogP contribution in [-0.2, 0) is 19.3 Å². The molecule has 0 aliphatic heterocycles. The zero-order valence-electron chi connectivity index (χ0n) is 19.4. The number of hydrogen-bond acceptors (Lipinski definition) is 0. The highest BCUT2D eigenvalue weighted by atomic mass is 14.4. The van der Waals surface area contributed by atoms with Crippen molar-refractivity contribution in [2.24, 2.45) is 0 Å².